The van der Waals surface area contributed by atoms with Crippen molar-refractivity contribution in [3.8, 4) is 5.75 Å². The first-order valence-electron chi connectivity index (χ1n) is 11.8. The molecule has 0 amide bonds. The van der Waals surface area contributed by atoms with Gasteiger partial charge in [-0.05, 0) is 75.4 Å². The van der Waals surface area contributed by atoms with Gasteiger partial charge in [-0.3, -0.25) is 0 Å². The van der Waals surface area contributed by atoms with Crippen LogP contribution in [0.5, 0.6) is 5.75 Å². The minimum absolute atomic E-state index is 0.0478. The maximum absolute atomic E-state index is 13.4. The molecule has 2 aliphatic rings. The van der Waals surface area contributed by atoms with Crippen LogP contribution < -0.4 is 15.0 Å². The lowest BCUT2D eigenvalue weighted by molar-refractivity contribution is 0.0252. The molecule has 2 saturated heterocycles. The van der Waals surface area contributed by atoms with Gasteiger partial charge >= 0.3 is 0 Å². The van der Waals surface area contributed by atoms with Crippen LogP contribution in [0.3, 0.4) is 0 Å². The van der Waals surface area contributed by atoms with Gasteiger partial charge in [-0.25, -0.2) is 4.39 Å². The summed E-state index contributed by atoms with van der Waals surface area (Å²) in [5.74, 6) is 1.07. The fourth-order valence-electron chi connectivity index (χ4n) is 4.98. The molecule has 2 aromatic carbocycles. The maximum atomic E-state index is 13.4. The monoisotopic (exact) mass is 442 g/mol. The normalized spacial score (nSPS) is 23.2. The van der Waals surface area contributed by atoms with Crippen LogP contribution in [0.1, 0.15) is 33.1 Å². The van der Waals surface area contributed by atoms with Crippen molar-refractivity contribution in [2.45, 2.75) is 51.4 Å². The summed E-state index contributed by atoms with van der Waals surface area (Å²) in [5, 5.41) is 14.8. The largest absolute Gasteiger partial charge is 0.491 e. The smallest absolute Gasteiger partial charge is 0.123 e. The molecule has 0 bridgehead atoms. The van der Waals surface area contributed by atoms with Crippen molar-refractivity contribution in [1.82, 2.24) is 0 Å². The van der Waals surface area contributed by atoms with Gasteiger partial charge in [0.25, 0.3) is 0 Å². The Balaban J connectivity index is 1.56. The fourth-order valence-corrected chi connectivity index (χ4v) is 4.98. The van der Waals surface area contributed by atoms with E-state index in [1.165, 1.54) is 12.1 Å². The Bertz CT molecular complexity index is 854. The molecule has 0 aliphatic carbocycles. The highest BCUT2D eigenvalue weighted by molar-refractivity contribution is 5.50. The number of hydrogen-bond donors (Lipinski definition) is 2. The Morgan fingerprint density at radius 1 is 1.09 bits per heavy atom. The van der Waals surface area contributed by atoms with E-state index in [2.05, 4.69) is 16.3 Å². The van der Waals surface area contributed by atoms with Crippen molar-refractivity contribution in [1.29, 1.82) is 0 Å². The lowest BCUT2D eigenvalue weighted by Crippen LogP contribution is -2.53. The van der Waals surface area contributed by atoms with Crippen LogP contribution in [-0.2, 0) is 4.74 Å². The van der Waals surface area contributed by atoms with Gasteiger partial charge < -0.3 is 24.8 Å². The summed E-state index contributed by atoms with van der Waals surface area (Å²) in [6.45, 7) is 7.04. The van der Waals surface area contributed by atoms with Crippen molar-refractivity contribution in [2.75, 3.05) is 36.5 Å². The molecule has 0 spiro atoms. The van der Waals surface area contributed by atoms with Crippen molar-refractivity contribution >= 4 is 11.4 Å². The predicted molar refractivity (Wildman–Crippen MR) is 126 cm³/mol. The van der Waals surface area contributed by atoms with E-state index < -0.39 is 0 Å². The first kappa shape index (κ1) is 22.9. The van der Waals surface area contributed by atoms with E-state index in [0.29, 0.717) is 12.3 Å². The SMILES string of the molecule is CC(C)Oc1cccc(N[C@H](C2CCOCC2)[C@@H]2CN(c3ccc(F)cc3)CC[C@H]2O)c1. The van der Waals surface area contributed by atoms with Crippen molar-refractivity contribution in [3.63, 3.8) is 0 Å². The summed E-state index contributed by atoms with van der Waals surface area (Å²) in [6.07, 6.45) is 2.36. The third-order valence-electron chi connectivity index (χ3n) is 6.59. The predicted octanol–water partition coefficient (Wildman–Crippen LogP) is 4.71. The molecule has 2 aliphatic heterocycles. The number of anilines is 2. The zero-order valence-electron chi connectivity index (χ0n) is 19.0. The molecule has 0 unspecified atom stereocenters. The lowest BCUT2D eigenvalue weighted by Gasteiger charge is -2.45. The number of rotatable bonds is 7. The first-order chi connectivity index (χ1) is 15.5. The highest BCUT2D eigenvalue weighted by atomic mass is 19.1. The summed E-state index contributed by atoms with van der Waals surface area (Å²) >= 11 is 0. The third-order valence-corrected chi connectivity index (χ3v) is 6.59. The molecule has 0 aromatic heterocycles. The number of aliphatic hydroxyl groups excluding tert-OH is 1. The Morgan fingerprint density at radius 2 is 1.84 bits per heavy atom. The molecular formula is C26H35FN2O3. The number of benzene rings is 2. The van der Waals surface area contributed by atoms with E-state index >= 15 is 0 Å². The number of aliphatic hydroxyl groups is 1. The molecule has 2 N–H and O–H groups in total. The zero-order valence-corrected chi connectivity index (χ0v) is 19.0. The number of ether oxygens (including phenoxy) is 2. The van der Waals surface area contributed by atoms with Crippen LogP contribution in [0, 0.1) is 17.7 Å². The van der Waals surface area contributed by atoms with Gasteiger partial charge in [-0.1, -0.05) is 6.07 Å². The molecule has 3 atom stereocenters. The summed E-state index contributed by atoms with van der Waals surface area (Å²) in [5.41, 5.74) is 2.01. The second-order valence-corrected chi connectivity index (χ2v) is 9.26. The molecular weight excluding hydrogens is 407 g/mol. The highest BCUT2D eigenvalue weighted by Crippen LogP contribution is 2.34. The Hall–Kier alpha value is -2.31. The van der Waals surface area contributed by atoms with Crippen molar-refractivity contribution < 1.29 is 19.0 Å². The summed E-state index contributed by atoms with van der Waals surface area (Å²) in [7, 11) is 0. The lowest BCUT2D eigenvalue weighted by atomic mass is 9.78. The minimum atomic E-state index is -0.387. The van der Waals surface area contributed by atoms with Crippen LogP contribution in [-0.4, -0.2) is 49.7 Å². The number of nitrogens with zero attached hydrogens (tertiary/aromatic N) is 1. The number of nitrogens with one attached hydrogen (secondary N) is 1. The standard InChI is InChI=1S/C26H35FN2O3/c1-18(2)32-23-5-3-4-21(16-23)28-26(19-11-14-31-15-12-19)24-17-29(13-10-25(24)30)22-8-6-20(27)7-9-22/h3-9,16,18-19,24-26,28,30H,10-15,17H2,1-2H3/t24-,25-,26-/m1/s1. The van der Waals surface area contributed by atoms with Gasteiger partial charge in [0.1, 0.15) is 11.6 Å². The van der Waals surface area contributed by atoms with E-state index in [0.717, 1.165) is 56.3 Å². The third kappa shape index (κ3) is 5.73. The Morgan fingerprint density at radius 3 is 2.56 bits per heavy atom. The first-order valence-corrected chi connectivity index (χ1v) is 11.8. The number of hydrogen-bond acceptors (Lipinski definition) is 5. The molecule has 0 radical (unpaired) electrons. The summed E-state index contributed by atoms with van der Waals surface area (Å²) < 4.78 is 24.9. The molecule has 32 heavy (non-hydrogen) atoms. The molecule has 174 valence electrons. The summed E-state index contributed by atoms with van der Waals surface area (Å²) in [4.78, 5) is 2.27. The van der Waals surface area contributed by atoms with Crippen LogP contribution in [0.25, 0.3) is 0 Å². The van der Waals surface area contributed by atoms with Gasteiger partial charge in [0.2, 0.25) is 0 Å². The molecule has 6 heteroatoms. The van der Waals surface area contributed by atoms with Crippen LogP contribution >= 0.6 is 0 Å². The van der Waals surface area contributed by atoms with Gasteiger partial charge in [-0.15, -0.1) is 0 Å². The molecule has 0 saturated carbocycles. The Kier molecular flexibility index (Phi) is 7.53. The van der Waals surface area contributed by atoms with E-state index in [-0.39, 0.29) is 30.0 Å². The number of halogens is 1. The molecule has 4 rings (SSSR count). The average Bonchev–Trinajstić information content (AvgIpc) is 2.79. The van der Waals surface area contributed by atoms with Crippen LogP contribution in [0.15, 0.2) is 48.5 Å². The topological polar surface area (TPSA) is 54.0 Å². The quantitative estimate of drug-likeness (QED) is 0.651. The maximum Gasteiger partial charge on any atom is 0.123 e. The van der Waals surface area contributed by atoms with Crippen molar-refractivity contribution in [3.05, 3.63) is 54.3 Å². The van der Waals surface area contributed by atoms with Gasteiger partial charge in [-0.2, -0.15) is 0 Å². The minimum Gasteiger partial charge on any atom is -0.491 e. The number of piperidine rings is 1. The molecule has 2 fully saturated rings. The second kappa shape index (κ2) is 10.5. The van der Waals surface area contributed by atoms with E-state index in [4.69, 9.17) is 9.47 Å². The van der Waals surface area contributed by atoms with Gasteiger partial charge in [0.05, 0.1) is 12.2 Å². The van der Waals surface area contributed by atoms with E-state index in [9.17, 15) is 9.50 Å². The highest BCUT2D eigenvalue weighted by Gasteiger charge is 2.38. The van der Waals surface area contributed by atoms with Crippen molar-refractivity contribution in [2.24, 2.45) is 11.8 Å². The van der Waals surface area contributed by atoms with E-state index in [1.807, 2.05) is 44.2 Å². The van der Waals surface area contributed by atoms with Crippen LogP contribution in [0.2, 0.25) is 0 Å². The summed E-state index contributed by atoms with van der Waals surface area (Å²) in [6, 6.07) is 14.8. The van der Waals surface area contributed by atoms with Gasteiger partial charge in [0, 0.05) is 55.7 Å². The molecule has 2 aromatic rings. The zero-order chi connectivity index (χ0) is 22.5. The van der Waals surface area contributed by atoms with Gasteiger partial charge in [0.15, 0.2) is 0 Å². The van der Waals surface area contributed by atoms with E-state index in [1.54, 1.807) is 0 Å². The second-order valence-electron chi connectivity index (χ2n) is 9.26. The average molecular weight is 443 g/mol. The fraction of sp³-hybridized carbons (Fsp3) is 0.538. The molecule has 2 heterocycles. The van der Waals surface area contributed by atoms with Crippen LogP contribution in [0.4, 0.5) is 15.8 Å². The molecule has 5 nitrogen and oxygen atoms in total. The Labute approximate surface area is 190 Å².